The minimum atomic E-state index is -1.39. The van der Waals surface area contributed by atoms with Crippen LogP contribution in [0.3, 0.4) is 0 Å². The van der Waals surface area contributed by atoms with E-state index in [0.29, 0.717) is 23.5 Å². The number of carbonyl (C=O) groups excluding carboxylic acids is 1. The number of aliphatic carboxylic acids is 1. The number of benzene rings is 1. The van der Waals surface area contributed by atoms with Gasteiger partial charge in [0.05, 0.1) is 6.33 Å². The highest BCUT2D eigenvalue weighted by Gasteiger charge is 2.45. The van der Waals surface area contributed by atoms with Gasteiger partial charge in [-0.3, -0.25) is 9.36 Å². The number of imidazole rings is 1. The van der Waals surface area contributed by atoms with Crippen LogP contribution in [-0.2, 0) is 20.8 Å². The van der Waals surface area contributed by atoms with Crippen LogP contribution < -0.4 is 10.6 Å². The van der Waals surface area contributed by atoms with Gasteiger partial charge in [0.2, 0.25) is 0 Å². The molecule has 14 nitrogen and oxygen atoms in total. The van der Waals surface area contributed by atoms with E-state index in [1.54, 1.807) is 24.3 Å². The lowest BCUT2D eigenvalue weighted by Crippen LogP contribution is -2.36. The molecule has 1 fully saturated rings. The summed E-state index contributed by atoms with van der Waals surface area (Å²) in [7, 11) is 0. The molecule has 1 aliphatic heterocycles. The van der Waals surface area contributed by atoms with E-state index >= 15 is 0 Å². The predicted octanol–water partition coefficient (Wildman–Crippen LogP) is -0.426. The van der Waals surface area contributed by atoms with Crippen molar-refractivity contribution in [1.82, 2.24) is 24.8 Å². The van der Waals surface area contributed by atoms with E-state index in [9.17, 15) is 24.9 Å². The molecule has 3 heterocycles. The molecular formula is C20H22N6O8. The lowest BCUT2D eigenvalue weighted by molar-refractivity contribution is -0.135. The Balaban J connectivity index is 1.44. The van der Waals surface area contributed by atoms with E-state index in [0.717, 1.165) is 5.56 Å². The number of aliphatic hydroxyl groups excluding tert-OH is 2. The lowest BCUT2D eigenvalue weighted by atomic mass is 10.1. The normalized spacial score (nSPS) is 21.9. The van der Waals surface area contributed by atoms with Gasteiger partial charge in [-0.2, -0.15) is 0 Å². The van der Waals surface area contributed by atoms with E-state index < -0.39 is 49.8 Å². The molecule has 4 rings (SSSR count). The fourth-order valence-electron chi connectivity index (χ4n) is 3.42. The molecule has 1 saturated heterocycles. The smallest absolute Gasteiger partial charge is 0.407 e. The Morgan fingerprint density at radius 1 is 1.12 bits per heavy atom. The zero-order chi connectivity index (χ0) is 24.2. The maximum atomic E-state index is 11.5. The molecular weight excluding hydrogens is 452 g/mol. The number of amides is 1. The first kappa shape index (κ1) is 23.2. The van der Waals surface area contributed by atoms with E-state index in [1.807, 2.05) is 5.32 Å². The molecule has 1 aliphatic rings. The molecule has 180 valence electrons. The molecule has 0 spiro atoms. The van der Waals surface area contributed by atoms with Gasteiger partial charge in [-0.05, 0) is 17.7 Å². The average Bonchev–Trinajstić information content (AvgIpc) is 3.37. The summed E-state index contributed by atoms with van der Waals surface area (Å²) in [4.78, 5) is 34.7. The molecule has 34 heavy (non-hydrogen) atoms. The van der Waals surface area contributed by atoms with Crippen molar-refractivity contribution >= 4 is 29.0 Å². The number of rotatable bonds is 8. The summed E-state index contributed by atoms with van der Waals surface area (Å²) in [6, 6.07) is 6.66. The van der Waals surface area contributed by atoms with E-state index in [4.69, 9.17) is 14.6 Å². The van der Waals surface area contributed by atoms with Gasteiger partial charge in [0.15, 0.2) is 23.2 Å². The summed E-state index contributed by atoms with van der Waals surface area (Å²) in [6.45, 7) is -0.632. The van der Waals surface area contributed by atoms with Crippen LogP contribution >= 0.6 is 0 Å². The Hall–Kier alpha value is -4.01. The molecule has 2 aromatic heterocycles. The third kappa shape index (κ3) is 4.98. The number of nitrogens with one attached hydrogen (secondary N) is 2. The topological polar surface area (TPSA) is 201 Å². The van der Waals surface area contributed by atoms with Crippen LogP contribution in [0.1, 0.15) is 11.8 Å². The second-order valence-corrected chi connectivity index (χ2v) is 7.46. The van der Waals surface area contributed by atoms with E-state index in [2.05, 4.69) is 20.3 Å². The molecule has 0 aliphatic carbocycles. The first-order chi connectivity index (χ1) is 16.3. The number of alkyl carbamates (subject to hydrolysis) is 1. The Bertz CT molecular complexity index is 1170. The number of nitrogens with zero attached hydrogens (tertiary/aromatic N) is 4. The van der Waals surface area contributed by atoms with Gasteiger partial charge in [-0.15, -0.1) is 0 Å². The third-order valence-electron chi connectivity index (χ3n) is 5.13. The van der Waals surface area contributed by atoms with Crippen LogP contribution in [0, 0.1) is 0 Å². The number of hydrogen-bond acceptors (Lipinski definition) is 11. The number of aliphatic hydroxyl groups is 2. The fourth-order valence-corrected chi connectivity index (χ4v) is 3.42. The van der Waals surface area contributed by atoms with E-state index in [-0.39, 0.29) is 5.75 Å². The first-order valence-electron chi connectivity index (χ1n) is 10.2. The number of fused-ring (bicyclic) bond motifs is 1. The second kappa shape index (κ2) is 9.86. The summed E-state index contributed by atoms with van der Waals surface area (Å²) >= 11 is 0. The largest absolute Gasteiger partial charge is 0.508 e. The standard InChI is InChI=1S/C20H22N6O8/c27-11-3-1-10(2-4-11)5-21-17-14-18(24-8-23-17)26(9-25-14)19-16(31)15(30)12(34-19)7-33-20(32)22-6-13(28)29/h1-4,8-9,12,15-16,19,27,30-31H,5-7H2,(H,22,32)(H,28,29)(H,21,23,24)/t12-,15?,16?,19-/m1/s1. The van der Waals surface area contributed by atoms with Crippen LogP contribution in [0.15, 0.2) is 36.9 Å². The number of ether oxygens (including phenoxy) is 2. The highest BCUT2D eigenvalue weighted by Crippen LogP contribution is 2.32. The van der Waals surface area contributed by atoms with Crippen molar-refractivity contribution in [3.05, 3.63) is 42.5 Å². The number of aromatic hydroxyl groups is 1. The minimum absolute atomic E-state index is 0.161. The zero-order valence-electron chi connectivity index (χ0n) is 17.6. The number of phenols is 1. The predicted molar refractivity (Wildman–Crippen MR) is 114 cm³/mol. The van der Waals surface area contributed by atoms with Crippen LogP contribution in [0.4, 0.5) is 10.6 Å². The average molecular weight is 474 g/mol. The Morgan fingerprint density at radius 2 is 1.88 bits per heavy atom. The van der Waals surface area contributed by atoms with Gasteiger partial charge in [-0.25, -0.2) is 19.7 Å². The molecule has 1 aromatic carbocycles. The fraction of sp³-hybridized carbons (Fsp3) is 0.350. The number of carboxylic acid groups (broad SMARTS) is 1. The Morgan fingerprint density at radius 3 is 2.62 bits per heavy atom. The van der Waals surface area contributed by atoms with Gasteiger partial charge in [0, 0.05) is 6.54 Å². The maximum absolute atomic E-state index is 11.5. The lowest BCUT2D eigenvalue weighted by Gasteiger charge is -2.16. The van der Waals surface area contributed by atoms with Crippen molar-refractivity contribution in [2.45, 2.75) is 31.1 Å². The van der Waals surface area contributed by atoms with Crippen LogP contribution in [-0.4, -0.2) is 83.5 Å². The molecule has 0 bridgehead atoms. The van der Waals surface area contributed by atoms with Crippen molar-refractivity contribution in [1.29, 1.82) is 0 Å². The Kier molecular flexibility index (Phi) is 6.72. The second-order valence-electron chi connectivity index (χ2n) is 7.46. The minimum Gasteiger partial charge on any atom is -0.508 e. The highest BCUT2D eigenvalue weighted by atomic mass is 16.6. The molecule has 4 atom stereocenters. The number of carboxylic acids is 1. The molecule has 0 saturated carbocycles. The summed E-state index contributed by atoms with van der Waals surface area (Å²) in [5, 5.41) is 44.0. The first-order valence-corrected chi connectivity index (χ1v) is 10.2. The van der Waals surface area contributed by atoms with Gasteiger partial charge in [0.1, 0.15) is 43.5 Å². The SMILES string of the molecule is O=C(O)CNC(=O)OC[C@H]1O[C@@H](n2cnc3c(NCc4ccc(O)cc4)ncnc32)C(O)C1O. The van der Waals surface area contributed by atoms with Crippen molar-refractivity contribution < 1.29 is 39.5 Å². The van der Waals surface area contributed by atoms with Crippen molar-refractivity contribution in [2.75, 3.05) is 18.5 Å². The number of aromatic nitrogens is 4. The number of phenolic OH excluding ortho intramolecular Hbond substituents is 1. The molecule has 14 heteroatoms. The van der Waals surface area contributed by atoms with Crippen molar-refractivity contribution in [3.63, 3.8) is 0 Å². The van der Waals surface area contributed by atoms with Gasteiger partial charge < -0.3 is 40.5 Å². The summed E-state index contributed by atoms with van der Waals surface area (Å²) in [5.41, 5.74) is 1.64. The summed E-state index contributed by atoms with van der Waals surface area (Å²) in [5.74, 6) is -0.649. The van der Waals surface area contributed by atoms with Crippen molar-refractivity contribution in [3.8, 4) is 5.75 Å². The zero-order valence-corrected chi connectivity index (χ0v) is 17.6. The summed E-state index contributed by atoms with van der Waals surface area (Å²) < 4.78 is 12.0. The molecule has 1 amide bonds. The van der Waals surface area contributed by atoms with E-state index in [1.165, 1.54) is 17.2 Å². The monoisotopic (exact) mass is 474 g/mol. The quantitative estimate of drug-likeness (QED) is 0.246. The summed E-state index contributed by atoms with van der Waals surface area (Å²) in [6.07, 6.45) is -3.21. The van der Waals surface area contributed by atoms with Gasteiger partial charge in [0.25, 0.3) is 0 Å². The van der Waals surface area contributed by atoms with Crippen molar-refractivity contribution in [2.24, 2.45) is 0 Å². The van der Waals surface area contributed by atoms with Gasteiger partial charge in [-0.1, -0.05) is 12.1 Å². The molecule has 6 N–H and O–H groups in total. The maximum Gasteiger partial charge on any atom is 0.407 e. The highest BCUT2D eigenvalue weighted by molar-refractivity contribution is 5.82. The van der Waals surface area contributed by atoms with Crippen LogP contribution in [0.5, 0.6) is 5.75 Å². The molecule has 0 radical (unpaired) electrons. The molecule has 3 aromatic rings. The number of hydrogen-bond donors (Lipinski definition) is 6. The number of anilines is 1. The third-order valence-corrected chi connectivity index (χ3v) is 5.13. The molecule has 2 unspecified atom stereocenters. The number of carbonyl (C=O) groups is 2. The van der Waals surface area contributed by atoms with Gasteiger partial charge >= 0.3 is 12.1 Å². The van der Waals surface area contributed by atoms with Crippen LogP contribution in [0.25, 0.3) is 11.2 Å². The van der Waals surface area contributed by atoms with Crippen LogP contribution in [0.2, 0.25) is 0 Å². The Labute approximate surface area is 191 Å².